The van der Waals surface area contributed by atoms with Gasteiger partial charge >= 0.3 is 0 Å². The number of likely N-dealkylation sites (tertiary alicyclic amines) is 1. The van der Waals surface area contributed by atoms with E-state index in [1.165, 1.54) is 4.90 Å². The van der Waals surface area contributed by atoms with E-state index in [4.69, 9.17) is 5.26 Å². The number of rotatable bonds is 4. The van der Waals surface area contributed by atoms with Gasteiger partial charge in [-0.15, -0.1) is 0 Å². The minimum atomic E-state index is -0.346. The van der Waals surface area contributed by atoms with Gasteiger partial charge in [0.1, 0.15) is 0 Å². The van der Waals surface area contributed by atoms with Gasteiger partial charge in [0.15, 0.2) is 0 Å². The summed E-state index contributed by atoms with van der Waals surface area (Å²) in [5.41, 5.74) is 2.13. The zero-order valence-electron chi connectivity index (χ0n) is 12.8. The molecule has 0 bridgehead atoms. The summed E-state index contributed by atoms with van der Waals surface area (Å²) in [5.74, 6) is -0.704. The first-order valence-electron chi connectivity index (χ1n) is 7.38. The molecule has 6 heteroatoms. The number of aromatic nitrogens is 2. The third-order valence-corrected chi connectivity index (χ3v) is 4.04. The van der Waals surface area contributed by atoms with E-state index >= 15 is 0 Å². The number of hydrogen-bond donors (Lipinski definition) is 0. The van der Waals surface area contributed by atoms with Crippen molar-refractivity contribution in [1.29, 1.82) is 5.26 Å². The molecule has 2 heterocycles. The minimum absolute atomic E-state index is 0.158. The number of nitriles is 1. The van der Waals surface area contributed by atoms with Crippen LogP contribution < -0.4 is 0 Å². The van der Waals surface area contributed by atoms with Crippen LogP contribution in [0, 0.1) is 17.2 Å². The first kappa shape index (κ1) is 15.0. The van der Waals surface area contributed by atoms with Crippen molar-refractivity contribution < 1.29 is 9.59 Å². The van der Waals surface area contributed by atoms with Crippen LogP contribution in [-0.4, -0.2) is 26.5 Å². The van der Waals surface area contributed by atoms with Crippen molar-refractivity contribution in [2.75, 3.05) is 0 Å². The molecule has 23 heavy (non-hydrogen) atoms. The van der Waals surface area contributed by atoms with Gasteiger partial charge in [-0.05, 0) is 23.6 Å². The number of aryl methyl sites for hydroxylation is 1. The molecule has 0 aliphatic carbocycles. The molecule has 0 N–H and O–H groups in total. The summed E-state index contributed by atoms with van der Waals surface area (Å²) in [4.78, 5) is 26.0. The first-order valence-corrected chi connectivity index (χ1v) is 7.38. The maximum Gasteiger partial charge on any atom is 0.233 e. The smallest absolute Gasteiger partial charge is 0.233 e. The molecule has 0 spiro atoms. The fraction of sp³-hybridized carbons (Fsp3) is 0.294. The zero-order chi connectivity index (χ0) is 16.4. The molecule has 3 rings (SSSR count). The lowest BCUT2D eigenvalue weighted by Gasteiger charge is -2.15. The quantitative estimate of drug-likeness (QED) is 0.800. The molecule has 1 atom stereocenters. The Balaban J connectivity index is 1.75. The molecule has 1 aromatic carbocycles. The highest BCUT2D eigenvalue weighted by molar-refractivity contribution is 6.03. The fourth-order valence-corrected chi connectivity index (χ4v) is 2.88. The van der Waals surface area contributed by atoms with Crippen molar-refractivity contribution in [3.63, 3.8) is 0 Å². The van der Waals surface area contributed by atoms with Gasteiger partial charge in [0.2, 0.25) is 11.8 Å². The number of carbonyl (C=O) groups excluding carboxylic acids is 2. The largest absolute Gasteiger partial charge is 0.278 e. The van der Waals surface area contributed by atoms with Gasteiger partial charge in [-0.1, -0.05) is 18.2 Å². The van der Waals surface area contributed by atoms with Gasteiger partial charge in [-0.25, -0.2) is 0 Å². The van der Waals surface area contributed by atoms with Gasteiger partial charge < -0.3 is 0 Å². The summed E-state index contributed by atoms with van der Waals surface area (Å²) < 4.78 is 1.68. The molecule has 1 aliphatic heterocycles. The molecule has 1 aromatic heterocycles. The number of nitrogens with zero attached hydrogens (tertiary/aromatic N) is 4. The molecule has 6 nitrogen and oxygen atoms in total. The van der Waals surface area contributed by atoms with Crippen LogP contribution in [0.4, 0.5) is 0 Å². The Hall–Kier alpha value is -2.94. The number of carbonyl (C=O) groups is 2. The van der Waals surface area contributed by atoms with E-state index in [2.05, 4.69) is 11.2 Å². The SMILES string of the molecule is Cn1cc(CC2CC(=O)N(Cc3ccccc3C#N)C2=O)cn1. The van der Waals surface area contributed by atoms with Gasteiger partial charge in [-0.3, -0.25) is 19.2 Å². The average Bonchev–Trinajstić information content (AvgIpc) is 3.06. The molecule has 1 aliphatic rings. The predicted octanol–water partition coefficient (Wildman–Crippen LogP) is 1.41. The highest BCUT2D eigenvalue weighted by Crippen LogP contribution is 2.25. The van der Waals surface area contributed by atoms with Crippen molar-refractivity contribution >= 4 is 11.8 Å². The molecule has 116 valence electrons. The fourth-order valence-electron chi connectivity index (χ4n) is 2.88. The number of imide groups is 1. The third-order valence-electron chi connectivity index (χ3n) is 4.04. The summed E-state index contributed by atoms with van der Waals surface area (Å²) >= 11 is 0. The average molecular weight is 308 g/mol. The van der Waals surface area contributed by atoms with E-state index in [-0.39, 0.29) is 30.7 Å². The van der Waals surface area contributed by atoms with Crippen LogP contribution in [0.3, 0.4) is 0 Å². The Bertz CT molecular complexity index is 803. The molecule has 0 saturated carbocycles. The van der Waals surface area contributed by atoms with E-state index in [0.717, 1.165) is 5.56 Å². The predicted molar refractivity (Wildman–Crippen MR) is 81.7 cm³/mol. The van der Waals surface area contributed by atoms with E-state index in [1.54, 1.807) is 35.1 Å². The van der Waals surface area contributed by atoms with Crippen LogP contribution in [-0.2, 0) is 29.6 Å². The monoisotopic (exact) mass is 308 g/mol. The normalized spacial score (nSPS) is 17.6. The van der Waals surface area contributed by atoms with Crippen molar-refractivity contribution in [1.82, 2.24) is 14.7 Å². The molecule has 1 unspecified atom stereocenters. The number of amides is 2. The molecule has 0 radical (unpaired) electrons. The summed E-state index contributed by atoms with van der Waals surface area (Å²) in [5, 5.41) is 13.2. The summed E-state index contributed by atoms with van der Waals surface area (Å²) in [7, 11) is 1.82. The number of benzene rings is 1. The number of hydrogen-bond acceptors (Lipinski definition) is 4. The van der Waals surface area contributed by atoms with Crippen LogP contribution in [0.2, 0.25) is 0 Å². The summed E-state index contributed by atoms with van der Waals surface area (Å²) in [6, 6.07) is 9.12. The first-order chi connectivity index (χ1) is 11.1. The molecule has 2 aromatic rings. The maximum atomic E-state index is 12.5. The van der Waals surface area contributed by atoms with E-state index in [0.29, 0.717) is 17.5 Å². The standard InChI is InChI=1S/C17H16N4O2/c1-20-10-12(9-19-20)6-15-7-16(22)21(17(15)23)11-14-5-3-2-4-13(14)8-18/h2-5,9-10,15H,6-7,11H2,1H3. The molecule has 1 saturated heterocycles. The molecular formula is C17H16N4O2. The second-order valence-electron chi connectivity index (χ2n) is 5.71. The summed E-state index contributed by atoms with van der Waals surface area (Å²) in [6.07, 6.45) is 4.29. The van der Waals surface area contributed by atoms with E-state index in [9.17, 15) is 9.59 Å². The van der Waals surface area contributed by atoms with E-state index < -0.39 is 0 Å². The molecular weight excluding hydrogens is 292 g/mol. The third kappa shape index (κ3) is 2.99. The Labute approximate surface area is 133 Å². The Kier molecular flexibility index (Phi) is 3.94. The lowest BCUT2D eigenvalue weighted by atomic mass is 10.0. The highest BCUT2D eigenvalue weighted by Gasteiger charge is 2.38. The van der Waals surface area contributed by atoms with Gasteiger partial charge in [-0.2, -0.15) is 10.4 Å². The van der Waals surface area contributed by atoms with Crippen molar-refractivity contribution in [3.05, 3.63) is 53.3 Å². The van der Waals surface area contributed by atoms with Gasteiger partial charge in [0, 0.05) is 19.7 Å². The van der Waals surface area contributed by atoms with Crippen LogP contribution in [0.1, 0.15) is 23.1 Å². The Morgan fingerprint density at radius 2 is 2.13 bits per heavy atom. The highest BCUT2D eigenvalue weighted by atomic mass is 16.2. The lowest BCUT2D eigenvalue weighted by molar-refractivity contribution is -0.140. The maximum absolute atomic E-state index is 12.5. The second-order valence-corrected chi connectivity index (χ2v) is 5.71. The topological polar surface area (TPSA) is 79.0 Å². The Morgan fingerprint density at radius 1 is 1.35 bits per heavy atom. The van der Waals surface area contributed by atoms with Crippen LogP contribution in [0.25, 0.3) is 0 Å². The van der Waals surface area contributed by atoms with Crippen molar-refractivity contribution in [3.8, 4) is 6.07 Å². The Morgan fingerprint density at radius 3 is 2.83 bits per heavy atom. The zero-order valence-corrected chi connectivity index (χ0v) is 12.8. The summed E-state index contributed by atoms with van der Waals surface area (Å²) in [6.45, 7) is 0.158. The van der Waals surface area contributed by atoms with Crippen LogP contribution in [0.15, 0.2) is 36.7 Å². The van der Waals surface area contributed by atoms with Crippen LogP contribution >= 0.6 is 0 Å². The molecule has 2 amide bonds. The van der Waals surface area contributed by atoms with Gasteiger partial charge in [0.25, 0.3) is 0 Å². The van der Waals surface area contributed by atoms with Crippen molar-refractivity contribution in [2.24, 2.45) is 13.0 Å². The van der Waals surface area contributed by atoms with Gasteiger partial charge in [0.05, 0.1) is 30.3 Å². The van der Waals surface area contributed by atoms with Crippen LogP contribution in [0.5, 0.6) is 0 Å². The van der Waals surface area contributed by atoms with E-state index in [1.807, 2.05) is 13.2 Å². The minimum Gasteiger partial charge on any atom is -0.278 e. The lowest BCUT2D eigenvalue weighted by Crippen LogP contribution is -2.30. The molecule has 1 fully saturated rings. The van der Waals surface area contributed by atoms with Crippen molar-refractivity contribution in [2.45, 2.75) is 19.4 Å². The second kappa shape index (κ2) is 6.05.